The second-order valence-corrected chi connectivity index (χ2v) is 7.68. The maximum atomic E-state index is 12.1. The van der Waals surface area contributed by atoms with E-state index in [1.807, 2.05) is 31.4 Å². The Kier molecular flexibility index (Phi) is 6.14. The molecule has 3 aromatic rings. The van der Waals surface area contributed by atoms with Gasteiger partial charge in [0.1, 0.15) is 10.8 Å². The SMILES string of the molecule is Cc1ccc(-c2nc(CNC(=O)COc3cc(C)c(Cl)c(C)c3)cs2)cc1. The Morgan fingerprint density at radius 1 is 1.15 bits per heavy atom. The summed E-state index contributed by atoms with van der Waals surface area (Å²) in [5, 5.41) is 6.47. The first-order valence-corrected chi connectivity index (χ1v) is 9.86. The lowest BCUT2D eigenvalue weighted by atomic mass is 10.1. The van der Waals surface area contributed by atoms with Gasteiger partial charge in [-0.15, -0.1) is 11.3 Å². The van der Waals surface area contributed by atoms with Gasteiger partial charge in [0.15, 0.2) is 6.61 Å². The number of nitrogens with one attached hydrogen (secondary N) is 1. The summed E-state index contributed by atoms with van der Waals surface area (Å²) in [4.78, 5) is 16.6. The molecule has 2 aromatic carbocycles. The van der Waals surface area contributed by atoms with Crippen molar-refractivity contribution in [2.75, 3.05) is 6.61 Å². The van der Waals surface area contributed by atoms with Gasteiger partial charge in [0.05, 0.1) is 12.2 Å². The number of aryl methyl sites for hydroxylation is 3. The zero-order chi connectivity index (χ0) is 19.4. The summed E-state index contributed by atoms with van der Waals surface area (Å²) >= 11 is 7.71. The number of halogens is 1. The van der Waals surface area contributed by atoms with Crippen molar-refractivity contribution in [3.8, 4) is 16.3 Å². The number of carbonyl (C=O) groups is 1. The Morgan fingerprint density at radius 3 is 2.48 bits per heavy atom. The van der Waals surface area contributed by atoms with E-state index in [4.69, 9.17) is 16.3 Å². The van der Waals surface area contributed by atoms with Gasteiger partial charge in [0.2, 0.25) is 0 Å². The van der Waals surface area contributed by atoms with Crippen LogP contribution in [0.15, 0.2) is 41.8 Å². The van der Waals surface area contributed by atoms with E-state index in [0.29, 0.717) is 12.3 Å². The molecule has 0 spiro atoms. The van der Waals surface area contributed by atoms with Crippen LogP contribution in [0.4, 0.5) is 0 Å². The molecule has 6 heteroatoms. The van der Waals surface area contributed by atoms with E-state index in [9.17, 15) is 4.79 Å². The smallest absolute Gasteiger partial charge is 0.258 e. The van der Waals surface area contributed by atoms with Crippen LogP contribution in [0.3, 0.4) is 0 Å². The van der Waals surface area contributed by atoms with Crippen molar-refractivity contribution < 1.29 is 9.53 Å². The maximum Gasteiger partial charge on any atom is 0.258 e. The molecule has 1 aromatic heterocycles. The molecule has 1 heterocycles. The Hall–Kier alpha value is -2.37. The van der Waals surface area contributed by atoms with E-state index < -0.39 is 0 Å². The van der Waals surface area contributed by atoms with Crippen LogP contribution in [0.25, 0.3) is 10.6 Å². The van der Waals surface area contributed by atoms with Crippen LogP contribution in [0, 0.1) is 20.8 Å². The number of aromatic nitrogens is 1. The second kappa shape index (κ2) is 8.55. The Balaban J connectivity index is 1.52. The summed E-state index contributed by atoms with van der Waals surface area (Å²) in [6.07, 6.45) is 0. The Bertz CT molecular complexity index is 928. The van der Waals surface area contributed by atoms with Crippen LogP contribution in [-0.4, -0.2) is 17.5 Å². The molecule has 0 saturated carbocycles. The third-order valence-corrected chi connectivity index (χ3v) is 5.63. The molecule has 1 amide bonds. The fourth-order valence-corrected chi connectivity index (χ4v) is 3.53. The summed E-state index contributed by atoms with van der Waals surface area (Å²) in [5.41, 5.74) is 4.99. The van der Waals surface area contributed by atoms with Crippen LogP contribution in [0.5, 0.6) is 5.75 Å². The van der Waals surface area contributed by atoms with Crippen molar-refractivity contribution in [3.63, 3.8) is 0 Å². The van der Waals surface area contributed by atoms with Crippen molar-refractivity contribution in [1.29, 1.82) is 0 Å². The molecule has 0 aliphatic heterocycles. The summed E-state index contributed by atoms with van der Waals surface area (Å²) < 4.78 is 5.57. The van der Waals surface area contributed by atoms with Crippen LogP contribution >= 0.6 is 22.9 Å². The fourth-order valence-electron chi connectivity index (χ4n) is 2.60. The number of benzene rings is 2. The molecule has 0 aliphatic rings. The average molecular weight is 401 g/mol. The van der Waals surface area contributed by atoms with Gasteiger partial charge in [0, 0.05) is 16.0 Å². The lowest BCUT2D eigenvalue weighted by molar-refractivity contribution is -0.123. The summed E-state index contributed by atoms with van der Waals surface area (Å²) in [6.45, 7) is 6.21. The van der Waals surface area contributed by atoms with Gasteiger partial charge in [0.25, 0.3) is 5.91 Å². The van der Waals surface area contributed by atoms with Gasteiger partial charge in [-0.05, 0) is 44.0 Å². The summed E-state index contributed by atoms with van der Waals surface area (Å²) in [7, 11) is 0. The normalized spacial score (nSPS) is 10.7. The molecular formula is C21H21ClN2O2S. The molecule has 0 unspecified atom stereocenters. The minimum atomic E-state index is -0.190. The largest absolute Gasteiger partial charge is 0.484 e. The zero-order valence-electron chi connectivity index (χ0n) is 15.5. The van der Waals surface area contributed by atoms with E-state index in [1.165, 1.54) is 5.56 Å². The van der Waals surface area contributed by atoms with E-state index in [2.05, 4.69) is 41.5 Å². The molecule has 0 atom stereocenters. The number of nitrogens with zero attached hydrogens (tertiary/aromatic N) is 1. The van der Waals surface area contributed by atoms with Crippen molar-refractivity contribution in [2.24, 2.45) is 0 Å². The minimum Gasteiger partial charge on any atom is -0.484 e. The van der Waals surface area contributed by atoms with Crippen LogP contribution in [0.1, 0.15) is 22.4 Å². The monoisotopic (exact) mass is 400 g/mol. The van der Waals surface area contributed by atoms with Gasteiger partial charge in [-0.3, -0.25) is 4.79 Å². The van der Waals surface area contributed by atoms with E-state index in [0.717, 1.165) is 32.4 Å². The topological polar surface area (TPSA) is 51.2 Å². The quantitative estimate of drug-likeness (QED) is 0.627. The molecule has 1 N–H and O–H groups in total. The molecule has 0 radical (unpaired) electrons. The number of rotatable bonds is 6. The van der Waals surface area contributed by atoms with E-state index >= 15 is 0 Å². The molecule has 0 saturated heterocycles. The maximum absolute atomic E-state index is 12.1. The predicted molar refractivity (Wildman–Crippen MR) is 111 cm³/mol. The van der Waals surface area contributed by atoms with Gasteiger partial charge in [-0.25, -0.2) is 4.98 Å². The number of amides is 1. The third-order valence-electron chi connectivity index (χ3n) is 4.10. The van der Waals surface area contributed by atoms with Gasteiger partial charge in [-0.2, -0.15) is 0 Å². The number of thiazole rings is 1. The first-order valence-electron chi connectivity index (χ1n) is 8.60. The second-order valence-electron chi connectivity index (χ2n) is 6.45. The predicted octanol–water partition coefficient (Wildman–Crippen LogP) is 5.08. The molecular weight excluding hydrogens is 380 g/mol. The number of hydrogen-bond donors (Lipinski definition) is 1. The van der Waals surface area contributed by atoms with Crippen LogP contribution in [0.2, 0.25) is 5.02 Å². The molecule has 140 valence electrons. The zero-order valence-corrected chi connectivity index (χ0v) is 17.1. The van der Waals surface area contributed by atoms with Crippen molar-refractivity contribution in [3.05, 3.63) is 69.2 Å². The first-order chi connectivity index (χ1) is 12.9. The van der Waals surface area contributed by atoms with Crippen molar-refractivity contribution in [1.82, 2.24) is 10.3 Å². The molecule has 0 bridgehead atoms. The lowest BCUT2D eigenvalue weighted by Gasteiger charge is -2.10. The summed E-state index contributed by atoms with van der Waals surface area (Å²) in [5.74, 6) is 0.449. The highest BCUT2D eigenvalue weighted by molar-refractivity contribution is 7.13. The van der Waals surface area contributed by atoms with Gasteiger partial charge < -0.3 is 10.1 Å². The lowest BCUT2D eigenvalue weighted by Crippen LogP contribution is -2.28. The molecule has 4 nitrogen and oxygen atoms in total. The van der Waals surface area contributed by atoms with Crippen molar-refractivity contribution in [2.45, 2.75) is 27.3 Å². The fraction of sp³-hybridized carbons (Fsp3) is 0.238. The number of ether oxygens (including phenoxy) is 1. The van der Waals surface area contributed by atoms with E-state index in [1.54, 1.807) is 11.3 Å². The highest BCUT2D eigenvalue weighted by atomic mass is 35.5. The number of hydrogen-bond acceptors (Lipinski definition) is 4. The summed E-state index contributed by atoms with van der Waals surface area (Å²) in [6, 6.07) is 11.9. The third kappa shape index (κ3) is 5.08. The van der Waals surface area contributed by atoms with Crippen LogP contribution < -0.4 is 10.1 Å². The van der Waals surface area contributed by atoms with Gasteiger partial charge in [-0.1, -0.05) is 41.4 Å². The standard InChI is InChI=1S/C21H21ClN2O2S/c1-13-4-6-16(7-5-13)21-24-17(12-27-21)10-23-19(25)11-26-18-8-14(2)20(22)15(3)9-18/h4-9,12H,10-11H2,1-3H3,(H,23,25). The molecule has 0 fully saturated rings. The van der Waals surface area contributed by atoms with E-state index in [-0.39, 0.29) is 12.5 Å². The van der Waals surface area contributed by atoms with Crippen molar-refractivity contribution >= 4 is 28.8 Å². The highest BCUT2D eigenvalue weighted by Crippen LogP contribution is 2.26. The first kappa shape index (κ1) is 19.4. The highest BCUT2D eigenvalue weighted by Gasteiger charge is 2.09. The molecule has 3 rings (SSSR count). The average Bonchev–Trinajstić information content (AvgIpc) is 3.12. The van der Waals surface area contributed by atoms with Gasteiger partial charge >= 0.3 is 0 Å². The Labute approximate surface area is 168 Å². The molecule has 0 aliphatic carbocycles. The molecule has 27 heavy (non-hydrogen) atoms. The van der Waals surface area contributed by atoms with Crippen LogP contribution in [-0.2, 0) is 11.3 Å². The Morgan fingerprint density at radius 2 is 1.81 bits per heavy atom. The minimum absolute atomic E-state index is 0.0462. The number of carbonyl (C=O) groups excluding carboxylic acids is 1.